The highest BCUT2D eigenvalue weighted by molar-refractivity contribution is 5.75. The number of hydrogen-bond donors (Lipinski definition) is 5. The van der Waals surface area contributed by atoms with Crippen LogP contribution in [0.1, 0.15) is 76.6 Å². The zero-order valence-corrected chi connectivity index (χ0v) is 21.2. The summed E-state index contributed by atoms with van der Waals surface area (Å²) in [6.07, 6.45) is 4.25. The number of phenols is 2. The number of methoxy groups -OCH3 is 1. The summed E-state index contributed by atoms with van der Waals surface area (Å²) < 4.78 is 7.27. The van der Waals surface area contributed by atoms with Crippen molar-refractivity contribution in [3.63, 3.8) is 0 Å². The van der Waals surface area contributed by atoms with Gasteiger partial charge in [-0.25, -0.2) is 0 Å². The van der Waals surface area contributed by atoms with Gasteiger partial charge in [-0.05, 0) is 32.6 Å². The molecule has 6 N–H and O–H groups in total. The summed E-state index contributed by atoms with van der Waals surface area (Å²) in [5.74, 6) is 1.64. The van der Waals surface area contributed by atoms with Gasteiger partial charge in [0.1, 0.15) is 17.2 Å². The van der Waals surface area contributed by atoms with Gasteiger partial charge in [-0.15, -0.1) is 5.10 Å². The molecule has 0 bridgehead atoms. The monoisotopic (exact) mass is 483 g/mol. The van der Waals surface area contributed by atoms with Gasteiger partial charge in [0, 0.05) is 36.8 Å². The molecule has 0 spiro atoms. The number of phenolic OH excluding ortho intramolecular Hbond substituents is 2. The van der Waals surface area contributed by atoms with Gasteiger partial charge in [-0.2, -0.15) is 10.1 Å². The number of hydrogen-bond acceptors (Lipinski definition) is 9. The lowest BCUT2D eigenvalue weighted by Crippen LogP contribution is -2.43. The van der Waals surface area contributed by atoms with Crippen molar-refractivity contribution in [2.45, 2.75) is 84.0 Å². The molecule has 0 amide bonds. The number of aromatic nitrogens is 4. The molecule has 2 heterocycles. The molecule has 1 saturated carbocycles. The number of anilines is 2. The summed E-state index contributed by atoms with van der Waals surface area (Å²) in [5.41, 5.74) is 9.25. The van der Waals surface area contributed by atoms with Gasteiger partial charge in [0.05, 0.1) is 24.1 Å². The molecule has 0 radical (unpaired) electrons. The Morgan fingerprint density at radius 3 is 2.40 bits per heavy atom. The summed E-state index contributed by atoms with van der Waals surface area (Å²) in [6, 6.07) is 3.23. The number of aromatic hydroxyl groups is 2. The van der Waals surface area contributed by atoms with Crippen molar-refractivity contribution in [2.75, 3.05) is 17.7 Å². The lowest BCUT2D eigenvalue weighted by molar-refractivity contribution is 0.394. The minimum absolute atomic E-state index is 0.0620. The van der Waals surface area contributed by atoms with Gasteiger partial charge in [0.25, 0.3) is 0 Å². The third kappa shape index (κ3) is 4.93. The van der Waals surface area contributed by atoms with Crippen molar-refractivity contribution in [1.82, 2.24) is 19.7 Å². The fourth-order valence-electron chi connectivity index (χ4n) is 4.74. The second-order valence-electron chi connectivity index (χ2n) is 9.88. The Morgan fingerprint density at radius 2 is 1.80 bits per heavy atom. The van der Waals surface area contributed by atoms with Gasteiger partial charge in [-0.1, -0.05) is 26.7 Å². The Kier molecular flexibility index (Phi) is 7.20. The van der Waals surface area contributed by atoms with E-state index in [0.717, 1.165) is 37.1 Å². The second-order valence-corrected chi connectivity index (χ2v) is 9.88. The van der Waals surface area contributed by atoms with E-state index in [9.17, 15) is 10.2 Å². The zero-order valence-electron chi connectivity index (χ0n) is 21.2. The number of nitrogens with two attached hydrogens (primary N) is 1. The van der Waals surface area contributed by atoms with Crippen LogP contribution < -0.4 is 21.1 Å². The van der Waals surface area contributed by atoms with Crippen molar-refractivity contribution in [2.24, 2.45) is 5.73 Å². The van der Waals surface area contributed by atoms with E-state index in [0.29, 0.717) is 28.8 Å². The van der Waals surface area contributed by atoms with E-state index in [1.165, 1.54) is 19.2 Å². The van der Waals surface area contributed by atoms with Gasteiger partial charge in [0.2, 0.25) is 5.95 Å². The molecular weight excluding hydrogens is 446 g/mol. The van der Waals surface area contributed by atoms with Crippen molar-refractivity contribution in [3.8, 4) is 28.6 Å². The van der Waals surface area contributed by atoms with Crippen molar-refractivity contribution in [3.05, 3.63) is 23.4 Å². The molecule has 10 nitrogen and oxygen atoms in total. The molecule has 1 aromatic rings. The summed E-state index contributed by atoms with van der Waals surface area (Å²) in [4.78, 5) is 4.93. The first-order valence-corrected chi connectivity index (χ1v) is 12.3. The molecule has 1 aromatic carbocycles. The lowest BCUT2D eigenvalue weighted by Gasteiger charge is -2.32. The molecule has 0 aromatic heterocycles. The second kappa shape index (κ2) is 10.2. The summed E-state index contributed by atoms with van der Waals surface area (Å²) in [5, 5.41) is 36.7. The highest BCUT2D eigenvalue weighted by Gasteiger charge is 2.30. The molecule has 3 aliphatic rings. The van der Waals surface area contributed by atoms with Crippen LogP contribution in [0.4, 0.5) is 11.8 Å². The van der Waals surface area contributed by atoms with Crippen LogP contribution in [0.3, 0.4) is 0 Å². The van der Waals surface area contributed by atoms with Crippen molar-refractivity contribution < 1.29 is 14.9 Å². The molecule has 35 heavy (non-hydrogen) atoms. The van der Waals surface area contributed by atoms with Crippen LogP contribution in [0.2, 0.25) is 0 Å². The normalized spacial score (nSPS) is 18.4. The molecule has 2 atom stereocenters. The van der Waals surface area contributed by atoms with Crippen LogP contribution in [0, 0.1) is 0 Å². The number of nitrogens with one attached hydrogen (secondary N) is 2. The topological polar surface area (TPSA) is 143 Å². The van der Waals surface area contributed by atoms with Gasteiger partial charge < -0.3 is 35.9 Å². The number of fused-ring (bicyclic) bond motifs is 1. The standard InChI is InChI=1S/C25H37N7O3/c1-13(2)21-23-22(31-30-21)24(27-12-16-19(33)10-15(35-5)11-20(16)34)29-25(32(23)14(3)4)28-18-9-7-6-8-17(18)26/h10-11,13-14,17-18,27,33-34H,6-9,12,26H2,1-5H3,(H,28,29). The molecule has 1 fully saturated rings. The maximum Gasteiger partial charge on any atom is 0.205 e. The molecular formula is C25H37N7O3. The van der Waals surface area contributed by atoms with Gasteiger partial charge >= 0.3 is 0 Å². The predicted molar refractivity (Wildman–Crippen MR) is 136 cm³/mol. The van der Waals surface area contributed by atoms with E-state index in [1.807, 2.05) is 0 Å². The maximum atomic E-state index is 10.4. The Hall–Kier alpha value is -3.27. The fraction of sp³-hybridized carbons (Fsp3) is 0.560. The Labute approximate surface area is 206 Å². The number of nitrogens with zero attached hydrogens (tertiary/aromatic N) is 4. The molecule has 1 aliphatic carbocycles. The minimum atomic E-state index is -0.0678. The van der Waals surface area contributed by atoms with E-state index in [-0.39, 0.29) is 42.1 Å². The minimum Gasteiger partial charge on any atom is -0.507 e. The van der Waals surface area contributed by atoms with Gasteiger partial charge in [0.15, 0.2) is 11.5 Å². The first-order chi connectivity index (χ1) is 16.7. The van der Waals surface area contributed by atoms with Gasteiger partial charge in [-0.3, -0.25) is 0 Å². The van der Waals surface area contributed by atoms with E-state index in [1.54, 1.807) is 0 Å². The first kappa shape index (κ1) is 24.8. The predicted octanol–water partition coefficient (Wildman–Crippen LogP) is 4.20. The van der Waals surface area contributed by atoms with Crippen molar-refractivity contribution >= 4 is 11.8 Å². The largest absolute Gasteiger partial charge is 0.507 e. The summed E-state index contributed by atoms with van der Waals surface area (Å²) >= 11 is 0. The van der Waals surface area contributed by atoms with E-state index in [2.05, 4.69) is 53.1 Å². The third-order valence-corrected chi connectivity index (χ3v) is 6.68. The number of rotatable bonds is 8. The molecule has 0 saturated heterocycles. The van der Waals surface area contributed by atoms with Crippen LogP contribution in [-0.2, 0) is 6.54 Å². The molecule has 4 rings (SSSR count). The third-order valence-electron chi connectivity index (χ3n) is 6.68. The average molecular weight is 484 g/mol. The SMILES string of the molecule is COc1cc(O)c(CNc2nc(NC3CCCCC3N)n(C(C)C)c3c(C(C)C)nnc2-3)c(O)c1. The van der Waals surface area contributed by atoms with E-state index < -0.39 is 0 Å². The van der Waals surface area contributed by atoms with E-state index >= 15 is 0 Å². The zero-order chi connectivity index (χ0) is 25.3. The summed E-state index contributed by atoms with van der Waals surface area (Å²) in [7, 11) is 1.48. The van der Waals surface area contributed by atoms with Crippen LogP contribution >= 0.6 is 0 Å². The fourth-order valence-corrected chi connectivity index (χ4v) is 4.74. The first-order valence-electron chi connectivity index (χ1n) is 12.3. The Morgan fingerprint density at radius 1 is 1.11 bits per heavy atom. The van der Waals surface area contributed by atoms with Crippen molar-refractivity contribution in [1.29, 1.82) is 0 Å². The molecule has 10 heteroatoms. The number of ether oxygens (including phenoxy) is 1. The lowest BCUT2D eigenvalue weighted by atomic mass is 9.91. The Balaban J connectivity index is 1.77. The molecule has 190 valence electrons. The van der Waals surface area contributed by atoms with Crippen LogP contribution in [0.25, 0.3) is 11.4 Å². The Bertz CT molecular complexity index is 1120. The smallest absolute Gasteiger partial charge is 0.205 e. The highest BCUT2D eigenvalue weighted by Crippen LogP contribution is 2.39. The summed E-state index contributed by atoms with van der Waals surface area (Å²) in [6.45, 7) is 8.57. The van der Waals surface area contributed by atoms with Crippen LogP contribution in [0.5, 0.6) is 17.2 Å². The average Bonchev–Trinajstić information content (AvgIpc) is 3.24. The van der Waals surface area contributed by atoms with Crippen LogP contribution in [0.15, 0.2) is 12.1 Å². The molecule has 2 aliphatic heterocycles. The number of benzene rings is 1. The van der Waals surface area contributed by atoms with E-state index in [4.69, 9.17) is 15.5 Å². The quantitative estimate of drug-likeness (QED) is 0.318. The highest BCUT2D eigenvalue weighted by atomic mass is 16.5. The molecule has 2 unspecified atom stereocenters. The van der Waals surface area contributed by atoms with Crippen LogP contribution in [-0.4, -0.2) is 49.2 Å². The maximum absolute atomic E-state index is 10.4.